The first-order chi connectivity index (χ1) is 18.0. The predicted octanol–water partition coefficient (Wildman–Crippen LogP) is 8.23. The number of hydrogen-bond acceptors (Lipinski definition) is 4. The highest BCUT2D eigenvalue weighted by molar-refractivity contribution is 7.99. The van der Waals surface area contributed by atoms with E-state index in [-0.39, 0.29) is 17.3 Å². The molecule has 37 heavy (non-hydrogen) atoms. The molecule has 0 aliphatic carbocycles. The van der Waals surface area contributed by atoms with Gasteiger partial charge in [0.2, 0.25) is 0 Å². The van der Waals surface area contributed by atoms with Gasteiger partial charge in [0.25, 0.3) is 0 Å². The van der Waals surface area contributed by atoms with E-state index in [1.54, 1.807) is 54.2 Å². The van der Waals surface area contributed by atoms with Gasteiger partial charge in [-0.3, -0.25) is 4.79 Å². The summed E-state index contributed by atoms with van der Waals surface area (Å²) in [6.45, 7) is 0. The third-order valence-corrected chi connectivity index (χ3v) is 9.40. The van der Waals surface area contributed by atoms with Gasteiger partial charge in [0.15, 0.2) is 20.5 Å². The summed E-state index contributed by atoms with van der Waals surface area (Å²) in [7, 11) is -0.412. The van der Waals surface area contributed by atoms with Crippen molar-refractivity contribution < 1.29 is 15.0 Å². The summed E-state index contributed by atoms with van der Waals surface area (Å²) in [6, 6.07) is 37.3. The highest BCUT2D eigenvalue weighted by Crippen LogP contribution is 2.37. The summed E-state index contributed by atoms with van der Waals surface area (Å²) >= 11 is 8.11. The topological polar surface area (TPSA) is 57.5 Å². The first-order valence-electron chi connectivity index (χ1n) is 11.5. The zero-order valence-corrected chi connectivity index (χ0v) is 21.9. The van der Waals surface area contributed by atoms with Gasteiger partial charge < -0.3 is 10.2 Å². The molecule has 0 aliphatic heterocycles. The molecule has 182 valence electrons. The lowest BCUT2D eigenvalue weighted by Gasteiger charge is -2.10. The molecule has 2 N–H and O–H groups in total. The molecule has 0 atom stereocenters. The fourth-order valence-corrected chi connectivity index (χ4v) is 6.98. The SMILES string of the molecule is O=C(c1ccccc1)c1ccc(Sc2ccc([S+](c3ccc(O)cc3)c3ccc(O)cc3)cc2)c(Cl)c1. The molecular formula is C31H22ClO3S2+. The fraction of sp³-hybridized carbons (Fsp3) is 0. The number of phenolic OH excluding ortho intramolecular Hbond substituents is 2. The molecule has 0 bridgehead atoms. The van der Waals surface area contributed by atoms with Gasteiger partial charge in [0.05, 0.1) is 15.9 Å². The van der Waals surface area contributed by atoms with Crippen LogP contribution in [-0.2, 0) is 10.9 Å². The lowest BCUT2D eigenvalue weighted by Crippen LogP contribution is -2.04. The molecule has 0 unspecified atom stereocenters. The van der Waals surface area contributed by atoms with E-state index in [2.05, 4.69) is 24.3 Å². The number of rotatable bonds is 7. The summed E-state index contributed by atoms with van der Waals surface area (Å²) in [5, 5.41) is 20.0. The van der Waals surface area contributed by atoms with Crippen molar-refractivity contribution in [2.45, 2.75) is 24.5 Å². The number of halogens is 1. The van der Waals surface area contributed by atoms with Gasteiger partial charge in [0.1, 0.15) is 11.5 Å². The van der Waals surface area contributed by atoms with Crippen molar-refractivity contribution in [1.29, 1.82) is 0 Å². The Morgan fingerprint density at radius 3 is 1.65 bits per heavy atom. The highest BCUT2D eigenvalue weighted by Gasteiger charge is 2.28. The Bertz CT molecular complexity index is 1470. The van der Waals surface area contributed by atoms with E-state index in [1.807, 2.05) is 54.6 Å². The largest absolute Gasteiger partial charge is 0.508 e. The molecule has 0 spiro atoms. The standard InChI is InChI=1S/C31H21ClO3S2/c32-29-20-22(31(35)21-4-2-1-3-5-21)6-19-30(29)36-25-11-17-28(18-12-25)37(26-13-7-23(33)8-14-26)27-15-9-24(34)10-16-27/h1-20H,(H-,33,34)/p+1. The monoisotopic (exact) mass is 541 g/mol. The van der Waals surface area contributed by atoms with Crippen LogP contribution in [0, 0.1) is 0 Å². The molecule has 6 heteroatoms. The smallest absolute Gasteiger partial charge is 0.193 e. The van der Waals surface area contributed by atoms with Gasteiger partial charge >= 0.3 is 0 Å². The molecule has 0 heterocycles. The summed E-state index contributed by atoms with van der Waals surface area (Å²) in [5.74, 6) is 0.384. The van der Waals surface area contributed by atoms with Crippen molar-refractivity contribution in [3.05, 3.63) is 137 Å². The minimum absolute atomic E-state index is 0.0566. The van der Waals surface area contributed by atoms with Crippen molar-refractivity contribution in [2.75, 3.05) is 0 Å². The fourth-order valence-electron chi connectivity index (χ4n) is 3.82. The lowest BCUT2D eigenvalue weighted by molar-refractivity contribution is 0.103. The quantitative estimate of drug-likeness (QED) is 0.161. The molecule has 0 radical (unpaired) electrons. The van der Waals surface area contributed by atoms with Crippen molar-refractivity contribution in [1.82, 2.24) is 0 Å². The average Bonchev–Trinajstić information content (AvgIpc) is 2.93. The van der Waals surface area contributed by atoms with Gasteiger partial charge in [-0.15, -0.1) is 0 Å². The molecule has 5 rings (SSSR count). The summed E-state index contributed by atoms with van der Waals surface area (Å²) < 4.78 is 0. The van der Waals surface area contributed by atoms with Crippen LogP contribution in [0.3, 0.4) is 0 Å². The van der Waals surface area contributed by atoms with Crippen LogP contribution in [0.25, 0.3) is 0 Å². The molecular weight excluding hydrogens is 520 g/mol. The lowest BCUT2D eigenvalue weighted by atomic mass is 10.0. The molecule has 0 amide bonds. The van der Waals surface area contributed by atoms with Crippen LogP contribution in [0.5, 0.6) is 11.5 Å². The maximum atomic E-state index is 12.7. The van der Waals surface area contributed by atoms with E-state index in [1.165, 1.54) is 0 Å². The van der Waals surface area contributed by atoms with Crippen molar-refractivity contribution in [3.8, 4) is 11.5 Å². The minimum atomic E-state index is -0.412. The van der Waals surface area contributed by atoms with E-state index in [0.717, 1.165) is 24.5 Å². The molecule has 0 aliphatic rings. The Balaban J connectivity index is 1.39. The highest BCUT2D eigenvalue weighted by atomic mass is 35.5. The second-order valence-corrected chi connectivity index (χ2v) is 11.8. The van der Waals surface area contributed by atoms with Crippen LogP contribution < -0.4 is 0 Å². The van der Waals surface area contributed by atoms with Gasteiger partial charge in [-0.05, 0) is 91.0 Å². The van der Waals surface area contributed by atoms with Crippen molar-refractivity contribution >= 4 is 40.0 Å². The molecule has 0 saturated carbocycles. The Morgan fingerprint density at radius 1 is 0.622 bits per heavy atom. The number of ketones is 1. The van der Waals surface area contributed by atoms with Gasteiger partial charge in [-0.2, -0.15) is 0 Å². The first kappa shape index (κ1) is 25.0. The summed E-state index contributed by atoms with van der Waals surface area (Å²) in [6.07, 6.45) is 0. The Kier molecular flexibility index (Phi) is 7.56. The maximum absolute atomic E-state index is 12.7. The zero-order valence-electron chi connectivity index (χ0n) is 19.5. The third-order valence-electron chi connectivity index (χ3n) is 5.66. The Morgan fingerprint density at radius 2 is 1.14 bits per heavy atom. The molecule has 5 aromatic rings. The minimum Gasteiger partial charge on any atom is -0.508 e. The van der Waals surface area contributed by atoms with Crippen LogP contribution in [0.1, 0.15) is 15.9 Å². The summed E-state index contributed by atoms with van der Waals surface area (Å²) in [4.78, 5) is 17.9. The number of aromatic hydroxyl groups is 2. The van der Waals surface area contributed by atoms with Crippen molar-refractivity contribution in [3.63, 3.8) is 0 Å². The maximum Gasteiger partial charge on any atom is 0.193 e. The molecule has 0 fully saturated rings. The normalized spacial score (nSPS) is 11.0. The van der Waals surface area contributed by atoms with E-state index in [0.29, 0.717) is 16.1 Å². The van der Waals surface area contributed by atoms with Crippen LogP contribution in [0.15, 0.2) is 146 Å². The second kappa shape index (κ2) is 11.2. The molecule has 0 saturated heterocycles. The van der Waals surface area contributed by atoms with E-state index in [9.17, 15) is 15.0 Å². The number of hydrogen-bond donors (Lipinski definition) is 2. The second-order valence-electron chi connectivity index (χ2n) is 8.21. The Labute approximate surface area is 227 Å². The molecule has 5 aromatic carbocycles. The van der Waals surface area contributed by atoms with E-state index >= 15 is 0 Å². The van der Waals surface area contributed by atoms with Crippen LogP contribution in [-0.4, -0.2) is 16.0 Å². The van der Waals surface area contributed by atoms with Crippen LogP contribution >= 0.6 is 23.4 Å². The number of phenols is 2. The van der Waals surface area contributed by atoms with Crippen LogP contribution in [0.2, 0.25) is 5.02 Å². The third kappa shape index (κ3) is 5.86. The van der Waals surface area contributed by atoms with E-state index < -0.39 is 10.9 Å². The van der Waals surface area contributed by atoms with Crippen molar-refractivity contribution in [2.24, 2.45) is 0 Å². The molecule has 0 aromatic heterocycles. The molecule has 3 nitrogen and oxygen atoms in total. The van der Waals surface area contributed by atoms with Crippen LogP contribution in [0.4, 0.5) is 0 Å². The zero-order chi connectivity index (χ0) is 25.8. The predicted molar refractivity (Wildman–Crippen MR) is 150 cm³/mol. The number of carbonyl (C=O) groups excluding carboxylic acids is 1. The average molecular weight is 542 g/mol. The Hall–Kier alpha value is -3.64. The first-order valence-corrected chi connectivity index (χ1v) is 13.9. The van der Waals surface area contributed by atoms with Gasteiger partial charge in [0, 0.05) is 20.9 Å². The number of carbonyl (C=O) groups is 1. The van der Waals surface area contributed by atoms with Gasteiger partial charge in [-0.25, -0.2) is 0 Å². The van der Waals surface area contributed by atoms with E-state index in [4.69, 9.17) is 11.6 Å². The number of benzene rings is 5. The van der Waals surface area contributed by atoms with Gasteiger partial charge in [-0.1, -0.05) is 53.7 Å². The summed E-state index contributed by atoms with van der Waals surface area (Å²) in [5.41, 5.74) is 1.19.